The van der Waals surface area contributed by atoms with E-state index < -0.39 is 0 Å². The van der Waals surface area contributed by atoms with E-state index in [0.29, 0.717) is 11.6 Å². The third-order valence-electron chi connectivity index (χ3n) is 3.02. The van der Waals surface area contributed by atoms with Gasteiger partial charge < -0.3 is 10.1 Å². The van der Waals surface area contributed by atoms with Crippen LogP contribution in [-0.4, -0.2) is 16.9 Å². The van der Waals surface area contributed by atoms with Crippen molar-refractivity contribution in [1.29, 1.82) is 0 Å². The molecule has 5 heteroatoms. The molecule has 0 aliphatic carbocycles. The van der Waals surface area contributed by atoms with Gasteiger partial charge in [-0.3, -0.25) is 4.68 Å². The van der Waals surface area contributed by atoms with E-state index >= 15 is 0 Å². The highest BCUT2D eigenvalue weighted by molar-refractivity contribution is 6.31. The van der Waals surface area contributed by atoms with Gasteiger partial charge in [0.1, 0.15) is 5.75 Å². The van der Waals surface area contributed by atoms with E-state index in [9.17, 15) is 0 Å². The van der Waals surface area contributed by atoms with Gasteiger partial charge >= 0.3 is 0 Å². The zero-order valence-electron chi connectivity index (χ0n) is 11.4. The lowest BCUT2D eigenvalue weighted by molar-refractivity contribution is 0.413. The third-order valence-corrected chi connectivity index (χ3v) is 3.34. The number of aromatic nitrogens is 2. The second-order valence-electron chi connectivity index (χ2n) is 4.48. The van der Waals surface area contributed by atoms with Crippen molar-refractivity contribution >= 4 is 11.6 Å². The minimum absolute atomic E-state index is 0.202. The van der Waals surface area contributed by atoms with Crippen molar-refractivity contribution in [3.05, 3.63) is 46.7 Å². The average molecular weight is 280 g/mol. The van der Waals surface area contributed by atoms with Gasteiger partial charge in [-0.15, -0.1) is 0 Å². The normalized spacial score (nSPS) is 12.4. The Kier molecular flexibility index (Phi) is 4.45. The molecule has 0 saturated carbocycles. The van der Waals surface area contributed by atoms with Gasteiger partial charge in [-0.2, -0.15) is 5.10 Å². The number of hydrogen-bond acceptors (Lipinski definition) is 3. The van der Waals surface area contributed by atoms with Crippen LogP contribution in [0.1, 0.15) is 24.2 Å². The molecule has 0 spiro atoms. The number of ether oxygens (including phenoxy) is 1. The van der Waals surface area contributed by atoms with E-state index in [2.05, 4.69) is 23.4 Å². The predicted octanol–water partition coefficient (Wildman–Crippen LogP) is 2.93. The highest BCUT2D eigenvalue weighted by atomic mass is 35.5. The van der Waals surface area contributed by atoms with Crippen molar-refractivity contribution in [3.8, 4) is 5.75 Å². The monoisotopic (exact) mass is 279 g/mol. The Hall–Kier alpha value is -1.52. The molecular weight excluding hydrogens is 262 g/mol. The van der Waals surface area contributed by atoms with Crippen LogP contribution in [0.5, 0.6) is 5.75 Å². The Balaban J connectivity index is 2.00. The highest BCUT2D eigenvalue weighted by Gasteiger charge is 2.09. The summed E-state index contributed by atoms with van der Waals surface area (Å²) < 4.78 is 6.94. The first-order valence-corrected chi connectivity index (χ1v) is 6.53. The van der Waals surface area contributed by atoms with Crippen molar-refractivity contribution in [3.63, 3.8) is 0 Å². The molecule has 0 fully saturated rings. The summed E-state index contributed by atoms with van der Waals surface area (Å²) in [6, 6.07) is 8.22. The van der Waals surface area contributed by atoms with Crippen LogP contribution in [-0.2, 0) is 13.6 Å². The minimum Gasteiger partial charge on any atom is -0.497 e. The summed E-state index contributed by atoms with van der Waals surface area (Å²) in [5, 5.41) is 8.40. The molecule has 0 aliphatic heterocycles. The smallest absolute Gasteiger partial charge is 0.119 e. The fourth-order valence-corrected chi connectivity index (χ4v) is 2.15. The van der Waals surface area contributed by atoms with E-state index in [4.69, 9.17) is 16.3 Å². The summed E-state index contributed by atoms with van der Waals surface area (Å²) in [5.41, 5.74) is 2.03. The van der Waals surface area contributed by atoms with Gasteiger partial charge in [0.05, 0.1) is 17.8 Å². The summed E-state index contributed by atoms with van der Waals surface area (Å²) in [5.74, 6) is 0.863. The van der Waals surface area contributed by atoms with Gasteiger partial charge in [-0.1, -0.05) is 23.7 Å². The van der Waals surface area contributed by atoms with Crippen LogP contribution in [0, 0.1) is 0 Å². The van der Waals surface area contributed by atoms with Crippen molar-refractivity contribution < 1.29 is 4.74 Å². The van der Waals surface area contributed by atoms with Crippen LogP contribution in [0.15, 0.2) is 30.5 Å². The second kappa shape index (κ2) is 6.08. The molecule has 102 valence electrons. The van der Waals surface area contributed by atoms with Crippen LogP contribution in [0.4, 0.5) is 0 Å². The molecule has 0 bridgehead atoms. The first-order chi connectivity index (χ1) is 9.10. The topological polar surface area (TPSA) is 39.1 Å². The Bertz CT molecular complexity index is 553. The van der Waals surface area contributed by atoms with E-state index in [1.807, 2.05) is 25.2 Å². The average Bonchev–Trinajstić information content (AvgIpc) is 2.74. The Morgan fingerprint density at radius 2 is 2.26 bits per heavy atom. The molecule has 19 heavy (non-hydrogen) atoms. The quantitative estimate of drug-likeness (QED) is 0.915. The molecule has 2 aromatic rings. The molecule has 1 heterocycles. The molecule has 0 aliphatic rings. The zero-order chi connectivity index (χ0) is 13.8. The number of methoxy groups -OCH3 is 1. The lowest BCUT2D eigenvalue weighted by Gasteiger charge is -2.14. The molecule has 0 radical (unpaired) electrons. The van der Waals surface area contributed by atoms with Gasteiger partial charge in [0.15, 0.2) is 0 Å². The van der Waals surface area contributed by atoms with Gasteiger partial charge in [0.2, 0.25) is 0 Å². The van der Waals surface area contributed by atoms with E-state index in [-0.39, 0.29) is 6.04 Å². The molecule has 0 amide bonds. The molecule has 1 N–H and O–H groups in total. The second-order valence-corrected chi connectivity index (χ2v) is 4.88. The number of benzene rings is 1. The number of nitrogens with one attached hydrogen (secondary N) is 1. The van der Waals surface area contributed by atoms with Gasteiger partial charge in [0.25, 0.3) is 0 Å². The largest absolute Gasteiger partial charge is 0.497 e. The lowest BCUT2D eigenvalue weighted by atomic mass is 10.1. The van der Waals surface area contributed by atoms with Crippen molar-refractivity contribution in [1.82, 2.24) is 15.1 Å². The standard InChI is InChI=1S/C14H18ClN3O/c1-10(11-5-4-6-12(7-11)19-3)16-8-14-13(15)9-18(2)17-14/h4-7,9-10,16H,8H2,1-3H3. The summed E-state index contributed by atoms with van der Waals surface area (Å²) in [7, 11) is 3.53. The summed E-state index contributed by atoms with van der Waals surface area (Å²) in [6.45, 7) is 2.74. The molecule has 1 unspecified atom stereocenters. The maximum Gasteiger partial charge on any atom is 0.119 e. The van der Waals surface area contributed by atoms with Crippen molar-refractivity contribution in [2.75, 3.05) is 7.11 Å². The fraction of sp³-hybridized carbons (Fsp3) is 0.357. The molecule has 1 atom stereocenters. The third kappa shape index (κ3) is 3.49. The Morgan fingerprint density at radius 3 is 2.89 bits per heavy atom. The first-order valence-electron chi connectivity index (χ1n) is 6.15. The zero-order valence-corrected chi connectivity index (χ0v) is 12.1. The maximum absolute atomic E-state index is 6.08. The van der Waals surface area contributed by atoms with E-state index in [1.54, 1.807) is 18.0 Å². The molecule has 1 aromatic heterocycles. The van der Waals surface area contributed by atoms with Crippen LogP contribution >= 0.6 is 11.6 Å². The fourth-order valence-electron chi connectivity index (χ4n) is 1.90. The van der Waals surface area contributed by atoms with Crippen LogP contribution in [0.3, 0.4) is 0 Å². The minimum atomic E-state index is 0.202. The van der Waals surface area contributed by atoms with E-state index in [1.165, 1.54) is 5.56 Å². The first kappa shape index (κ1) is 13.9. The maximum atomic E-state index is 6.08. The summed E-state index contributed by atoms with van der Waals surface area (Å²) >= 11 is 6.08. The number of halogens is 1. The molecule has 4 nitrogen and oxygen atoms in total. The van der Waals surface area contributed by atoms with Crippen LogP contribution < -0.4 is 10.1 Å². The van der Waals surface area contributed by atoms with Crippen LogP contribution in [0.25, 0.3) is 0 Å². The Morgan fingerprint density at radius 1 is 1.47 bits per heavy atom. The lowest BCUT2D eigenvalue weighted by Crippen LogP contribution is -2.18. The predicted molar refractivity (Wildman–Crippen MR) is 76.5 cm³/mol. The highest BCUT2D eigenvalue weighted by Crippen LogP contribution is 2.20. The van der Waals surface area contributed by atoms with Crippen LogP contribution in [0.2, 0.25) is 5.02 Å². The Labute approximate surface area is 118 Å². The van der Waals surface area contributed by atoms with Gasteiger partial charge in [-0.25, -0.2) is 0 Å². The summed E-state index contributed by atoms with van der Waals surface area (Å²) in [4.78, 5) is 0. The number of hydrogen-bond donors (Lipinski definition) is 1. The SMILES string of the molecule is COc1cccc(C(C)NCc2nn(C)cc2Cl)c1. The number of rotatable bonds is 5. The number of nitrogens with zero attached hydrogens (tertiary/aromatic N) is 2. The van der Waals surface area contributed by atoms with Gasteiger partial charge in [0, 0.05) is 25.8 Å². The van der Waals surface area contributed by atoms with E-state index in [0.717, 1.165) is 11.4 Å². The molecule has 1 aromatic carbocycles. The molecule has 2 rings (SSSR count). The number of aryl methyl sites for hydroxylation is 1. The van der Waals surface area contributed by atoms with Gasteiger partial charge in [-0.05, 0) is 24.6 Å². The summed E-state index contributed by atoms with van der Waals surface area (Å²) in [6.07, 6.45) is 1.80. The molecule has 0 saturated heterocycles. The van der Waals surface area contributed by atoms with Crippen molar-refractivity contribution in [2.45, 2.75) is 19.5 Å². The van der Waals surface area contributed by atoms with Crippen molar-refractivity contribution in [2.24, 2.45) is 7.05 Å². The molecular formula is C14H18ClN3O.